The monoisotopic (exact) mass is 549 g/mol. The topological polar surface area (TPSA) is 88.5 Å². The van der Waals surface area contributed by atoms with E-state index in [2.05, 4.69) is 49.9 Å². The fraction of sp³-hybridized carbons (Fsp3) is 0.613. The fourth-order valence-electron chi connectivity index (χ4n) is 3.05. The van der Waals surface area contributed by atoms with Crippen LogP contribution in [0.25, 0.3) is 0 Å². The van der Waals surface area contributed by atoms with Crippen molar-refractivity contribution in [1.29, 1.82) is 0 Å². The number of hydrogen-bond donors (Lipinski definition) is 0. The molecule has 39 heavy (non-hydrogen) atoms. The van der Waals surface area contributed by atoms with E-state index in [9.17, 15) is 14.4 Å². The molecular weight excluding hydrogens is 494 g/mol. The van der Waals surface area contributed by atoms with Crippen LogP contribution < -0.4 is 0 Å². The number of carbonyl (C=O) groups is 3. The minimum Gasteiger partial charge on any atom is -0.505 e. The number of allylic oxidation sites excluding steroid dienone is 1. The minimum absolute atomic E-state index is 0.0139. The molecule has 224 valence electrons. The zero-order valence-electron chi connectivity index (χ0n) is 25.7. The molecule has 0 unspecified atom stereocenters. The summed E-state index contributed by atoms with van der Waals surface area (Å²) in [6.45, 7) is 29.7. The van der Waals surface area contributed by atoms with Gasteiger partial charge in [0, 0.05) is 38.4 Å². The van der Waals surface area contributed by atoms with E-state index in [-0.39, 0.29) is 17.6 Å². The van der Waals surface area contributed by atoms with Gasteiger partial charge in [0.15, 0.2) is 11.7 Å². The Morgan fingerprint density at radius 3 is 1.92 bits per heavy atom. The lowest BCUT2D eigenvalue weighted by Crippen LogP contribution is -2.28. The summed E-state index contributed by atoms with van der Waals surface area (Å²) in [5.74, 6) is 2.23. The van der Waals surface area contributed by atoms with Gasteiger partial charge in [-0.2, -0.15) is 0 Å². The van der Waals surface area contributed by atoms with Crippen molar-refractivity contribution in [1.82, 2.24) is 9.80 Å². The molecule has 8 heteroatoms. The molecule has 0 aliphatic carbocycles. The van der Waals surface area contributed by atoms with Gasteiger partial charge in [-0.15, -0.1) is 0 Å². The van der Waals surface area contributed by atoms with Crippen molar-refractivity contribution in [2.75, 3.05) is 39.9 Å². The zero-order valence-corrected chi connectivity index (χ0v) is 25.7. The third kappa shape index (κ3) is 24.9. The zero-order chi connectivity index (χ0) is 30.6. The van der Waals surface area contributed by atoms with Crippen molar-refractivity contribution in [2.24, 2.45) is 16.8 Å². The molecule has 0 aromatic carbocycles. The Hall–Kier alpha value is -3.16. The van der Waals surface area contributed by atoms with Crippen LogP contribution in [-0.2, 0) is 23.9 Å². The van der Waals surface area contributed by atoms with E-state index in [0.29, 0.717) is 24.7 Å². The standard InChI is InChI=1S/C8H13NO.C7H13NO.C7H12O.C6H11NO.C3H6O/c1-2-9-7-5-3-4-6-8(9)10;1-4-7(9)8(5-2)6-3;1-4-7(8)5-6(2)3;1-5(2)6-7-3-4-8-6;1-3-4-2/h2H,1,3-7H2;4H,1,5-6H2,2-3H3;4,6H,1,5H2,2-3H3;5H,3-4H2,1-2H3;3H,1H2,2H3. The van der Waals surface area contributed by atoms with E-state index < -0.39 is 0 Å². The Kier molecular flexibility index (Phi) is 28.8. The van der Waals surface area contributed by atoms with Crippen LogP contribution in [0.4, 0.5) is 0 Å². The number of carbonyl (C=O) groups excluding carboxylic acids is 3. The molecule has 2 rings (SSSR count). The van der Waals surface area contributed by atoms with Crippen molar-refractivity contribution >= 4 is 23.5 Å². The summed E-state index contributed by atoms with van der Waals surface area (Å²) < 4.78 is 9.47. The van der Waals surface area contributed by atoms with Gasteiger partial charge in [0.2, 0.25) is 11.8 Å². The lowest BCUT2D eigenvalue weighted by atomic mass is 10.1. The molecule has 1 saturated heterocycles. The van der Waals surface area contributed by atoms with Crippen LogP contribution >= 0.6 is 0 Å². The summed E-state index contributed by atoms with van der Waals surface area (Å²) in [6.07, 6.45) is 10.4. The second-order valence-corrected chi connectivity index (χ2v) is 9.19. The third-order valence-electron chi connectivity index (χ3n) is 5.19. The minimum atomic E-state index is 0.0139. The first kappa shape index (κ1) is 40.3. The molecule has 0 aromatic rings. The van der Waals surface area contributed by atoms with Crippen molar-refractivity contribution in [2.45, 2.75) is 73.6 Å². The number of nitrogens with zero attached hydrogens (tertiary/aromatic N) is 3. The molecule has 0 atom stereocenters. The summed E-state index contributed by atoms with van der Waals surface area (Å²) in [4.78, 5) is 39.9. The normalized spacial score (nSPS) is 13.5. The Morgan fingerprint density at radius 2 is 1.64 bits per heavy atom. The van der Waals surface area contributed by atoms with E-state index >= 15 is 0 Å². The Balaban J connectivity index is -0.000000425. The first-order valence-corrected chi connectivity index (χ1v) is 13.8. The molecule has 1 fully saturated rings. The second kappa shape index (κ2) is 27.9. The summed E-state index contributed by atoms with van der Waals surface area (Å²) in [5.41, 5.74) is 0. The van der Waals surface area contributed by atoms with E-state index in [1.807, 2.05) is 27.7 Å². The predicted molar refractivity (Wildman–Crippen MR) is 163 cm³/mol. The van der Waals surface area contributed by atoms with Crippen molar-refractivity contribution in [3.8, 4) is 0 Å². The molecule has 2 aliphatic rings. The molecule has 2 amide bonds. The van der Waals surface area contributed by atoms with E-state index in [1.165, 1.54) is 24.8 Å². The number of likely N-dealkylation sites (tertiary alicyclic amines) is 1. The number of likely N-dealkylation sites (N-methyl/N-ethyl adjacent to an activating group) is 1. The fourth-order valence-corrected chi connectivity index (χ4v) is 3.05. The largest absolute Gasteiger partial charge is 0.505 e. The van der Waals surface area contributed by atoms with Gasteiger partial charge in [-0.1, -0.05) is 60.4 Å². The van der Waals surface area contributed by atoms with Crippen LogP contribution in [0.3, 0.4) is 0 Å². The summed E-state index contributed by atoms with van der Waals surface area (Å²) in [7, 11) is 1.56. The van der Waals surface area contributed by atoms with Crippen molar-refractivity contribution in [3.63, 3.8) is 0 Å². The maximum atomic E-state index is 11.1. The first-order chi connectivity index (χ1) is 18.5. The molecule has 0 N–H and O–H groups in total. The number of hydrogen-bond acceptors (Lipinski definition) is 6. The van der Waals surface area contributed by atoms with Gasteiger partial charge in [-0.3, -0.25) is 19.4 Å². The molecule has 0 spiro atoms. The second-order valence-electron chi connectivity index (χ2n) is 9.19. The predicted octanol–water partition coefficient (Wildman–Crippen LogP) is 6.21. The molecule has 8 nitrogen and oxygen atoms in total. The molecular formula is C31H55N3O5. The number of methoxy groups -OCH3 is 1. The van der Waals surface area contributed by atoms with Crippen molar-refractivity contribution in [3.05, 3.63) is 50.9 Å². The van der Waals surface area contributed by atoms with Gasteiger partial charge in [0.1, 0.15) is 6.61 Å². The van der Waals surface area contributed by atoms with Crippen LogP contribution in [0.5, 0.6) is 0 Å². The van der Waals surface area contributed by atoms with Gasteiger partial charge >= 0.3 is 0 Å². The van der Waals surface area contributed by atoms with Gasteiger partial charge in [-0.25, -0.2) is 0 Å². The molecule has 2 aliphatic heterocycles. The Labute approximate surface area is 238 Å². The van der Waals surface area contributed by atoms with Crippen molar-refractivity contribution < 1.29 is 23.9 Å². The molecule has 0 saturated carbocycles. The maximum absolute atomic E-state index is 11.1. The van der Waals surface area contributed by atoms with Crippen LogP contribution in [-0.4, -0.2) is 73.2 Å². The number of ketones is 1. The highest BCUT2D eigenvalue weighted by molar-refractivity contribution is 5.89. The quantitative estimate of drug-likeness (QED) is 0.252. The lowest BCUT2D eigenvalue weighted by Gasteiger charge is -2.15. The molecule has 0 bridgehead atoms. The number of rotatable bonds is 9. The Morgan fingerprint density at radius 1 is 1.05 bits per heavy atom. The van der Waals surface area contributed by atoms with Crippen LogP contribution in [0.1, 0.15) is 73.6 Å². The van der Waals surface area contributed by atoms with E-state index in [1.54, 1.807) is 23.1 Å². The smallest absolute Gasteiger partial charge is 0.245 e. The van der Waals surface area contributed by atoms with Gasteiger partial charge in [0.25, 0.3) is 0 Å². The van der Waals surface area contributed by atoms with E-state index in [4.69, 9.17) is 4.74 Å². The number of aliphatic imine (C=N–C) groups is 1. The average Bonchev–Trinajstić information content (AvgIpc) is 3.39. The highest BCUT2D eigenvalue weighted by Crippen LogP contribution is 2.10. The third-order valence-corrected chi connectivity index (χ3v) is 5.19. The average molecular weight is 550 g/mol. The highest BCUT2D eigenvalue weighted by atomic mass is 16.5. The van der Waals surface area contributed by atoms with Crippen LogP contribution in [0.15, 0.2) is 55.9 Å². The maximum Gasteiger partial charge on any atom is 0.245 e. The molecule has 2 heterocycles. The van der Waals surface area contributed by atoms with Crippen LogP contribution in [0, 0.1) is 11.8 Å². The first-order valence-electron chi connectivity index (χ1n) is 13.8. The number of ether oxygens (including phenoxy) is 2. The van der Waals surface area contributed by atoms with E-state index in [0.717, 1.165) is 51.5 Å². The van der Waals surface area contributed by atoms with Gasteiger partial charge < -0.3 is 19.3 Å². The lowest BCUT2D eigenvalue weighted by molar-refractivity contribution is -0.128. The SMILES string of the molecule is C=CC(=O)CC(C)C.C=CC(=O)N(CC)CC.C=CN1CCCCCC1=O.C=COC.CC(C)C1=NCCO1. The Bertz CT molecular complexity index is 741. The van der Waals surface area contributed by atoms with Gasteiger partial charge in [-0.05, 0) is 51.0 Å². The molecule has 0 radical (unpaired) electrons. The highest BCUT2D eigenvalue weighted by Gasteiger charge is 2.12. The summed E-state index contributed by atoms with van der Waals surface area (Å²) in [6, 6.07) is 0. The van der Waals surface area contributed by atoms with Gasteiger partial charge in [0.05, 0.1) is 19.9 Å². The summed E-state index contributed by atoms with van der Waals surface area (Å²) >= 11 is 0. The van der Waals surface area contributed by atoms with Crippen LogP contribution in [0.2, 0.25) is 0 Å². The molecule has 0 aromatic heterocycles. The number of amides is 2. The summed E-state index contributed by atoms with van der Waals surface area (Å²) in [5, 5.41) is 0.